The van der Waals surface area contributed by atoms with Crippen molar-refractivity contribution in [1.82, 2.24) is 5.32 Å². The molecule has 3 rings (SSSR count). The molecule has 0 aromatic heterocycles. The minimum absolute atomic E-state index is 0.207. The summed E-state index contributed by atoms with van der Waals surface area (Å²) < 4.78 is 11.7. The van der Waals surface area contributed by atoms with Crippen LogP contribution in [0.15, 0.2) is 54.6 Å². The second-order valence-corrected chi connectivity index (χ2v) is 8.05. The molecular formula is C25H25Cl2NO3. The summed E-state index contributed by atoms with van der Waals surface area (Å²) in [7, 11) is 0. The van der Waals surface area contributed by atoms with Crippen molar-refractivity contribution in [2.24, 2.45) is 0 Å². The van der Waals surface area contributed by atoms with E-state index in [0.29, 0.717) is 41.1 Å². The second kappa shape index (κ2) is 10.6. The highest BCUT2D eigenvalue weighted by molar-refractivity contribution is 6.35. The highest BCUT2D eigenvalue weighted by atomic mass is 35.5. The molecule has 0 aliphatic rings. The van der Waals surface area contributed by atoms with Gasteiger partial charge < -0.3 is 14.8 Å². The van der Waals surface area contributed by atoms with Crippen LogP contribution in [-0.4, -0.2) is 12.5 Å². The Bertz CT molecular complexity index is 1080. The molecule has 0 aliphatic carbocycles. The van der Waals surface area contributed by atoms with Crippen molar-refractivity contribution in [3.8, 4) is 11.5 Å². The number of nitrogens with one attached hydrogen (secondary N) is 1. The molecule has 0 fully saturated rings. The Hall–Kier alpha value is -2.69. The maximum atomic E-state index is 12.7. The predicted molar refractivity (Wildman–Crippen MR) is 125 cm³/mol. The summed E-state index contributed by atoms with van der Waals surface area (Å²) in [6, 6.07) is 16.5. The Labute approximate surface area is 193 Å². The largest absolute Gasteiger partial charge is 0.493 e. The number of hydrogen-bond acceptors (Lipinski definition) is 3. The first-order chi connectivity index (χ1) is 14.9. The first-order valence-electron chi connectivity index (χ1n) is 10.0. The van der Waals surface area contributed by atoms with Crippen LogP contribution in [0.1, 0.15) is 39.5 Å². The summed E-state index contributed by atoms with van der Waals surface area (Å²) in [6.07, 6.45) is 0. The van der Waals surface area contributed by atoms with E-state index in [1.165, 1.54) is 5.56 Å². The predicted octanol–water partition coefficient (Wildman–Crippen LogP) is 6.52. The summed E-state index contributed by atoms with van der Waals surface area (Å²) in [5.74, 6) is 1.27. The van der Waals surface area contributed by atoms with Crippen molar-refractivity contribution in [3.05, 3.63) is 92.5 Å². The van der Waals surface area contributed by atoms with Crippen LogP contribution in [0, 0.1) is 13.8 Å². The number of ether oxygens (including phenoxy) is 2. The van der Waals surface area contributed by atoms with Crippen LogP contribution >= 0.6 is 23.2 Å². The molecule has 0 atom stereocenters. The van der Waals surface area contributed by atoms with Crippen molar-refractivity contribution in [2.75, 3.05) is 6.61 Å². The van der Waals surface area contributed by atoms with Crippen LogP contribution in [0.5, 0.6) is 11.5 Å². The zero-order valence-electron chi connectivity index (χ0n) is 17.8. The summed E-state index contributed by atoms with van der Waals surface area (Å²) in [4.78, 5) is 12.7. The van der Waals surface area contributed by atoms with Gasteiger partial charge in [-0.3, -0.25) is 4.79 Å². The summed E-state index contributed by atoms with van der Waals surface area (Å²) >= 11 is 12.1. The monoisotopic (exact) mass is 457 g/mol. The van der Waals surface area contributed by atoms with Gasteiger partial charge in [0, 0.05) is 27.7 Å². The molecular weight excluding hydrogens is 433 g/mol. The zero-order chi connectivity index (χ0) is 22.4. The molecule has 31 heavy (non-hydrogen) atoms. The fraction of sp³-hybridized carbons (Fsp3) is 0.240. The molecule has 3 aromatic carbocycles. The highest BCUT2D eigenvalue weighted by Crippen LogP contribution is 2.25. The Balaban J connectivity index is 1.73. The van der Waals surface area contributed by atoms with E-state index in [4.69, 9.17) is 32.7 Å². The quantitative estimate of drug-likeness (QED) is 0.418. The van der Waals surface area contributed by atoms with Gasteiger partial charge in [-0.2, -0.15) is 0 Å². The minimum Gasteiger partial charge on any atom is -0.493 e. The Kier molecular flexibility index (Phi) is 7.83. The average Bonchev–Trinajstić information content (AvgIpc) is 2.74. The molecule has 1 N–H and O–H groups in total. The lowest BCUT2D eigenvalue weighted by Gasteiger charge is -2.14. The number of benzene rings is 3. The SMILES string of the molecule is CCOc1ccc(C(=O)NCc2ccc(Cl)cc2Cl)cc1COc1ccc(C)c(C)c1. The molecule has 0 radical (unpaired) electrons. The van der Waals surface area contributed by atoms with Gasteiger partial charge in [0.1, 0.15) is 18.1 Å². The maximum absolute atomic E-state index is 12.7. The maximum Gasteiger partial charge on any atom is 0.251 e. The highest BCUT2D eigenvalue weighted by Gasteiger charge is 2.12. The second-order valence-electron chi connectivity index (χ2n) is 7.21. The Morgan fingerprint density at radius 2 is 1.71 bits per heavy atom. The number of halogens is 2. The van der Waals surface area contributed by atoms with Crippen molar-refractivity contribution >= 4 is 29.1 Å². The number of carbonyl (C=O) groups is 1. The van der Waals surface area contributed by atoms with E-state index in [-0.39, 0.29) is 5.91 Å². The van der Waals surface area contributed by atoms with Gasteiger partial charge in [-0.25, -0.2) is 0 Å². The van der Waals surface area contributed by atoms with E-state index in [1.807, 2.05) is 32.0 Å². The normalized spacial score (nSPS) is 10.6. The van der Waals surface area contributed by atoms with Crippen LogP contribution in [0.4, 0.5) is 0 Å². The van der Waals surface area contributed by atoms with Gasteiger partial charge in [0.2, 0.25) is 0 Å². The van der Waals surface area contributed by atoms with Crippen LogP contribution in [0.2, 0.25) is 10.0 Å². The molecule has 162 valence electrons. The fourth-order valence-electron chi connectivity index (χ4n) is 3.04. The first-order valence-corrected chi connectivity index (χ1v) is 10.8. The van der Waals surface area contributed by atoms with Crippen LogP contribution < -0.4 is 14.8 Å². The third-order valence-electron chi connectivity index (χ3n) is 4.95. The standard InChI is InChI=1S/C25H25Cl2NO3/c1-4-30-24-10-7-18(25(29)28-14-19-6-8-21(26)13-23(19)27)12-20(24)15-31-22-9-5-16(2)17(3)11-22/h5-13H,4,14-15H2,1-3H3,(H,28,29). The lowest BCUT2D eigenvalue weighted by atomic mass is 10.1. The van der Waals surface area contributed by atoms with E-state index in [1.54, 1.807) is 36.4 Å². The lowest BCUT2D eigenvalue weighted by Crippen LogP contribution is -2.23. The lowest BCUT2D eigenvalue weighted by molar-refractivity contribution is 0.0950. The Morgan fingerprint density at radius 1 is 0.903 bits per heavy atom. The molecule has 0 heterocycles. The molecule has 0 bridgehead atoms. The first kappa shape index (κ1) is 23.0. The van der Waals surface area contributed by atoms with Crippen molar-refractivity contribution in [2.45, 2.75) is 33.9 Å². The van der Waals surface area contributed by atoms with Gasteiger partial charge in [-0.05, 0) is 79.9 Å². The number of amides is 1. The zero-order valence-corrected chi connectivity index (χ0v) is 19.3. The smallest absolute Gasteiger partial charge is 0.251 e. The van der Waals surface area contributed by atoms with E-state index in [2.05, 4.69) is 12.2 Å². The van der Waals surface area contributed by atoms with Gasteiger partial charge in [0.25, 0.3) is 5.91 Å². The average molecular weight is 458 g/mol. The third-order valence-corrected chi connectivity index (χ3v) is 5.54. The van der Waals surface area contributed by atoms with Crippen molar-refractivity contribution in [1.29, 1.82) is 0 Å². The van der Waals surface area contributed by atoms with Gasteiger partial charge in [-0.1, -0.05) is 35.3 Å². The van der Waals surface area contributed by atoms with Gasteiger partial charge >= 0.3 is 0 Å². The van der Waals surface area contributed by atoms with Gasteiger partial charge in [0.05, 0.1) is 6.61 Å². The number of carbonyl (C=O) groups excluding carboxylic acids is 1. The van der Waals surface area contributed by atoms with E-state index in [9.17, 15) is 4.79 Å². The fourth-order valence-corrected chi connectivity index (χ4v) is 3.51. The van der Waals surface area contributed by atoms with Gasteiger partial charge in [0.15, 0.2) is 0 Å². The van der Waals surface area contributed by atoms with E-state index >= 15 is 0 Å². The number of hydrogen-bond donors (Lipinski definition) is 1. The molecule has 4 nitrogen and oxygen atoms in total. The Morgan fingerprint density at radius 3 is 2.42 bits per heavy atom. The van der Waals surface area contributed by atoms with Gasteiger partial charge in [-0.15, -0.1) is 0 Å². The topological polar surface area (TPSA) is 47.6 Å². The molecule has 0 saturated heterocycles. The summed E-state index contributed by atoms with van der Waals surface area (Å²) in [5.41, 5.74) is 4.49. The van der Waals surface area contributed by atoms with Crippen LogP contribution in [0.3, 0.4) is 0 Å². The van der Waals surface area contributed by atoms with E-state index < -0.39 is 0 Å². The molecule has 0 spiro atoms. The van der Waals surface area contributed by atoms with Crippen molar-refractivity contribution in [3.63, 3.8) is 0 Å². The van der Waals surface area contributed by atoms with Crippen molar-refractivity contribution < 1.29 is 14.3 Å². The van der Waals surface area contributed by atoms with Crippen LogP contribution in [-0.2, 0) is 13.2 Å². The third kappa shape index (κ3) is 6.16. The summed E-state index contributed by atoms with van der Waals surface area (Å²) in [6.45, 7) is 7.15. The minimum atomic E-state index is -0.207. The molecule has 3 aromatic rings. The molecule has 0 saturated carbocycles. The molecule has 6 heteroatoms. The van der Waals surface area contributed by atoms with E-state index in [0.717, 1.165) is 22.4 Å². The summed E-state index contributed by atoms with van der Waals surface area (Å²) in [5, 5.41) is 3.96. The molecule has 0 unspecified atom stereocenters. The molecule has 1 amide bonds. The number of rotatable bonds is 8. The number of aryl methyl sites for hydroxylation is 2. The molecule has 0 aliphatic heterocycles. The van der Waals surface area contributed by atoms with Crippen LogP contribution in [0.25, 0.3) is 0 Å².